The average molecular weight is 431 g/mol. The fourth-order valence-electron chi connectivity index (χ4n) is 4.69. The summed E-state index contributed by atoms with van der Waals surface area (Å²) in [5, 5.41) is 6.63. The molecule has 0 saturated carbocycles. The van der Waals surface area contributed by atoms with Gasteiger partial charge in [0.05, 0.1) is 6.04 Å². The van der Waals surface area contributed by atoms with Crippen molar-refractivity contribution in [1.82, 2.24) is 25.5 Å². The molecule has 1 unspecified atom stereocenters. The summed E-state index contributed by atoms with van der Waals surface area (Å²) in [6.45, 7) is 2.45. The largest absolute Gasteiger partial charge is 0.418 e. The predicted octanol–water partition coefficient (Wildman–Crippen LogP) is -1.54. The second kappa shape index (κ2) is 7.70. The number of urea groups is 1. The third kappa shape index (κ3) is 4.04. The van der Waals surface area contributed by atoms with Gasteiger partial charge in [-0.05, 0) is 45.2 Å². The Bertz CT molecular complexity index is 799. The van der Waals surface area contributed by atoms with Crippen LogP contribution in [0, 0.1) is 0 Å². The first kappa shape index (κ1) is 20.3. The Kier molecular flexibility index (Phi) is 5.40. The van der Waals surface area contributed by atoms with Crippen LogP contribution in [0.1, 0.15) is 32.1 Å². The monoisotopic (exact) mass is 431 g/mol. The van der Waals surface area contributed by atoms with Crippen LogP contribution >= 0.6 is 0 Å². The number of nitrogens with one attached hydrogen (secondary N) is 2. The Labute approximate surface area is 168 Å². The van der Waals surface area contributed by atoms with Crippen molar-refractivity contribution in [2.75, 3.05) is 26.2 Å². The lowest BCUT2D eigenvalue weighted by Gasteiger charge is -2.32. The van der Waals surface area contributed by atoms with Gasteiger partial charge in [-0.1, -0.05) is 0 Å². The molecule has 4 amide bonds. The minimum atomic E-state index is -4.84. The molecule has 0 aromatic heterocycles. The highest BCUT2D eigenvalue weighted by Crippen LogP contribution is 2.31. The molecule has 13 heteroatoms. The molecule has 12 nitrogen and oxygen atoms in total. The van der Waals surface area contributed by atoms with E-state index < -0.39 is 40.5 Å². The van der Waals surface area contributed by atoms with Crippen LogP contribution in [0.5, 0.6) is 0 Å². The number of amides is 4. The second-order valence-electron chi connectivity index (χ2n) is 7.87. The fourth-order valence-corrected chi connectivity index (χ4v) is 5.08. The lowest BCUT2D eigenvalue weighted by atomic mass is 10.00. The number of hydrogen-bond acceptors (Lipinski definition) is 7. The molecule has 0 spiro atoms. The molecular formula is C16H25N5O7S. The van der Waals surface area contributed by atoms with Crippen LogP contribution < -0.4 is 10.6 Å². The van der Waals surface area contributed by atoms with Crippen molar-refractivity contribution in [3.63, 3.8) is 0 Å². The van der Waals surface area contributed by atoms with Gasteiger partial charge in [0.25, 0.3) is 0 Å². The molecule has 4 aliphatic heterocycles. The van der Waals surface area contributed by atoms with E-state index in [0.29, 0.717) is 30.9 Å². The summed E-state index contributed by atoms with van der Waals surface area (Å²) in [6, 6.07) is -2.59. The van der Waals surface area contributed by atoms with Gasteiger partial charge in [-0.25, -0.2) is 4.79 Å². The van der Waals surface area contributed by atoms with Crippen LogP contribution in [-0.2, 0) is 24.3 Å². The van der Waals surface area contributed by atoms with Crippen molar-refractivity contribution in [2.45, 2.75) is 56.3 Å². The Balaban J connectivity index is 1.37. The summed E-state index contributed by atoms with van der Waals surface area (Å²) in [5.41, 5.74) is 0. The minimum absolute atomic E-state index is 0.0944. The number of piperidine rings is 2. The van der Waals surface area contributed by atoms with E-state index in [9.17, 15) is 22.8 Å². The van der Waals surface area contributed by atoms with E-state index >= 15 is 0 Å². The highest BCUT2D eigenvalue weighted by Gasteiger charge is 2.50. The zero-order valence-corrected chi connectivity index (χ0v) is 16.6. The Morgan fingerprint density at radius 1 is 1.07 bits per heavy atom. The fraction of sp³-hybridized carbons (Fsp3) is 0.812. The molecule has 0 aliphatic carbocycles. The molecule has 0 aromatic rings. The molecule has 4 aliphatic rings. The maximum Gasteiger partial charge on any atom is 0.418 e. The van der Waals surface area contributed by atoms with Gasteiger partial charge >= 0.3 is 16.4 Å². The molecule has 0 aromatic carbocycles. The number of carbonyl (C=O) groups is 3. The maximum atomic E-state index is 12.8. The van der Waals surface area contributed by atoms with Crippen molar-refractivity contribution < 1.29 is 31.6 Å². The lowest BCUT2D eigenvalue weighted by molar-refractivity contribution is -0.135. The summed E-state index contributed by atoms with van der Waals surface area (Å²) in [7, 11) is -4.84. The van der Waals surface area contributed by atoms with E-state index in [2.05, 4.69) is 14.9 Å². The Morgan fingerprint density at radius 3 is 2.48 bits per heavy atom. The van der Waals surface area contributed by atoms with Crippen LogP contribution in [0.15, 0.2) is 0 Å². The first-order valence-electron chi connectivity index (χ1n) is 9.83. The van der Waals surface area contributed by atoms with Gasteiger partial charge in [0.1, 0.15) is 12.1 Å². The number of fused-ring (bicyclic) bond motifs is 2. The lowest BCUT2D eigenvalue weighted by Crippen LogP contribution is -2.54. The molecule has 29 heavy (non-hydrogen) atoms. The van der Waals surface area contributed by atoms with Crippen molar-refractivity contribution in [2.24, 2.45) is 0 Å². The molecule has 4 heterocycles. The number of hydrogen-bond donors (Lipinski definition) is 3. The van der Waals surface area contributed by atoms with Crippen molar-refractivity contribution >= 4 is 28.2 Å². The number of carbonyl (C=O) groups excluding carboxylic acids is 3. The smallest absolute Gasteiger partial charge is 0.342 e. The summed E-state index contributed by atoms with van der Waals surface area (Å²) < 4.78 is 35.1. The third-order valence-corrected chi connectivity index (χ3v) is 6.45. The third-order valence-electron chi connectivity index (χ3n) is 6.11. The SMILES string of the molecule is O=C(N[C@H]1CCN(C2CCNCC2)C1=O)C1CC[C@@H]2CN1C(=O)N2OS(=O)(=O)O. The summed E-state index contributed by atoms with van der Waals surface area (Å²) >= 11 is 0. The number of likely N-dealkylation sites (tertiary alicyclic amines) is 1. The van der Waals surface area contributed by atoms with E-state index in [-0.39, 0.29) is 18.5 Å². The first-order valence-corrected chi connectivity index (χ1v) is 11.2. The van der Waals surface area contributed by atoms with Gasteiger partial charge in [-0.15, -0.1) is 4.28 Å². The zero-order chi connectivity index (χ0) is 20.8. The second-order valence-corrected chi connectivity index (χ2v) is 8.88. The van der Waals surface area contributed by atoms with Gasteiger partial charge in [-0.3, -0.25) is 14.1 Å². The van der Waals surface area contributed by atoms with Crippen LogP contribution in [0.4, 0.5) is 4.79 Å². The van der Waals surface area contributed by atoms with E-state index in [1.807, 2.05) is 4.90 Å². The van der Waals surface area contributed by atoms with Gasteiger partial charge in [-0.2, -0.15) is 13.5 Å². The summed E-state index contributed by atoms with van der Waals surface area (Å²) in [5.74, 6) is -0.529. The topological polar surface area (TPSA) is 149 Å². The molecular weight excluding hydrogens is 406 g/mol. The zero-order valence-electron chi connectivity index (χ0n) is 15.8. The Morgan fingerprint density at radius 2 is 1.79 bits per heavy atom. The standard InChI is InChI=1S/C16H25N5O7S/c22-14(18-12-5-8-19(15(12)23)10-3-6-17-7-4-10)13-2-1-11-9-20(13)16(24)21(11)28-29(25,26)27/h10-13,17H,1-9H2,(H,18,22)(H,25,26,27)/t11-,12+,13?/m1/s1. The van der Waals surface area contributed by atoms with E-state index in [4.69, 9.17) is 4.55 Å². The van der Waals surface area contributed by atoms with E-state index in [1.54, 1.807) is 0 Å². The van der Waals surface area contributed by atoms with Gasteiger partial charge in [0, 0.05) is 19.1 Å². The number of hydroxylamine groups is 2. The molecule has 3 atom stereocenters. The van der Waals surface area contributed by atoms with E-state index in [1.165, 1.54) is 4.90 Å². The molecule has 0 radical (unpaired) electrons. The summed E-state index contributed by atoms with van der Waals surface area (Å²) in [6.07, 6.45) is 2.96. The minimum Gasteiger partial charge on any atom is -0.342 e. The van der Waals surface area contributed by atoms with Crippen LogP contribution in [0.3, 0.4) is 0 Å². The predicted molar refractivity (Wildman–Crippen MR) is 97.5 cm³/mol. The van der Waals surface area contributed by atoms with Crippen molar-refractivity contribution in [1.29, 1.82) is 0 Å². The van der Waals surface area contributed by atoms with Gasteiger partial charge < -0.3 is 20.4 Å². The quantitative estimate of drug-likeness (QED) is 0.444. The van der Waals surface area contributed by atoms with E-state index in [0.717, 1.165) is 25.9 Å². The van der Waals surface area contributed by atoms with Crippen LogP contribution in [0.25, 0.3) is 0 Å². The first-order chi connectivity index (χ1) is 13.7. The maximum absolute atomic E-state index is 12.8. The van der Waals surface area contributed by atoms with Crippen molar-refractivity contribution in [3.05, 3.63) is 0 Å². The normalized spacial score (nSPS) is 30.9. The molecule has 162 valence electrons. The highest BCUT2D eigenvalue weighted by molar-refractivity contribution is 7.80. The molecule has 4 rings (SSSR count). The molecule has 3 N–H and O–H groups in total. The average Bonchev–Trinajstić information content (AvgIpc) is 3.15. The molecule has 4 saturated heterocycles. The number of nitrogens with zero attached hydrogens (tertiary/aromatic N) is 3. The summed E-state index contributed by atoms with van der Waals surface area (Å²) in [4.78, 5) is 41.0. The highest BCUT2D eigenvalue weighted by atomic mass is 32.3. The number of rotatable bonds is 5. The van der Waals surface area contributed by atoms with Gasteiger partial charge in [0.2, 0.25) is 11.8 Å². The van der Waals surface area contributed by atoms with Crippen molar-refractivity contribution in [3.8, 4) is 0 Å². The van der Waals surface area contributed by atoms with Crippen LogP contribution in [0.2, 0.25) is 0 Å². The molecule has 2 bridgehead atoms. The molecule has 4 fully saturated rings. The van der Waals surface area contributed by atoms with Crippen LogP contribution in [-0.4, -0.2) is 96.0 Å². The van der Waals surface area contributed by atoms with Gasteiger partial charge in [0.15, 0.2) is 0 Å². The Hall–Kier alpha value is -1.96.